The quantitative estimate of drug-likeness (QED) is 0.660. The Morgan fingerprint density at radius 1 is 1.04 bits per heavy atom. The van der Waals surface area contributed by atoms with Crippen LogP contribution in [0.5, 0.6) is 0 Å². The molecule has 138 valence electrons. The van der Waals surface area contributed by atoms with E-state index in [2.05, 4.69) is 16.0 Å². The second-order valence-electron chi connectivity index (χ2n) is 7.42. The van der Waals surface area contributed by atoms with E-state index < -0.39 is 0 Å². The normalized spacial score (nSPS) is 18.7. The monoisotopic (exact) mass is 379 g/mol. The van der Waals surface area contributed by atoms with E-state index >= 15 is 0 Å². The predicted molar refractivity (Wildman–Crippen MR) is 105 cm³/mol. The molecule has 1 atom stereocenters. The van der Waals surface area contributed by atoms with Gasteiger partial charge in [0.25, 0.3) is 0 Å². The topological polar surface area (TPSA) is 46.8 Å². The molecule has 27 heavy (non-hydrogen) atoms. The van der Waals surface area contributed by atoms with Crippen molar-refractivity contribution in [2.75, 3.05) is 13.1 Å². The first-order chi connectivity index (χ1) is 13.3. The average molecular weight is 380 g/mol. The molecule has 1 saturated carbocycles. The van der Waals surface area contributed by atoms with Gasteiger partial charge in [-0.15, -0.1) is 0 Å². The molecule has 3 aromatic rings. The van der Waals surface area contributed by atoms with E-state index in [1.807, 2.05) is 47.4 Å². The molecule has 2 aliphatic rings. The third-order valence-corrected chi connectivity index (χ3v) is 5.66. The Hall–Kier alpha value is -2.24. The van der Waals surface area contributed by atoms with E-state index in [0.717, 1.165) is 35.4 Å². The van der Waals surface area contributed by atoms with Crippen LogP contribution in [0.15, 0.2) is 48.8 Å². The van der Waals surface area contributed by atoms with Crippen LogP contribution in [0.2, 0.25) is 5.02 Å². The maximum absolute atomic E-state index is 6.10. The van der Waals surface area contributed by atoms with Crippen LogP contribution >= 0.6 is 11.6 Å². The van der Waals surface area contributed by atoms with E-state index in [1.54, 1.807) is 0 Å². The standard InChI is InChI=1S/C21H22ClN5/c22-17-7-9-18(10-8-17)27-21(24-20(25-27)15-5-6-15)19(26-12-1-2-13-26)16-4-3-11-23-14-16/h3-4,7-11,14-15,19H,1-2,5-6,12-13H2. The van der Waals surface area contributed by atoms with Crippen LogP contribution in [0.25, 0.3) is 5.69 Å². The number of hydrogen-bond acceptors (Lipinski definition) is 4. The van der Waals surface area contributed by atoms with Crippen molar-refractivity contribution < 1.29 is 0 Å². The summed E-state index contributed by atoms with van der Waals surface area (Å²) in [6, 6.07) is 12.1. The molecule has 0 N–H and O–H groups in total. The van der Waals surface area contributed by atoms with Crippen molar-refractivity contribution in [3.8, 4) is 5.69 Å². The fourth-order valence-corrected chi connectivity index (χ4v) is 3.99. The Balaban J connectivity index is 1.65. The van der Waals surface area contributed by atoms with Gasteiger partial charge in [0.05, 0.1) is 11.7 Å². The van der Waals surface area contributed by atoms with Crippen LogP contribution < -0.4 is 0 Å². The van der Waals surface area contributed by atoms with Crippen LogP contribution in [-0.4, -0.2) is 37.7 Å². The second-order valence-corrected chi connectivity index (χ2v) is 7.86. The molecular weight excluding hydrogens is 358 g/mol. The average Bonchev–Trinajstić information content (AvgIpc) is 3.24. The summed E-state index contributed by atoms with van der Waals surface area (Å²) in [7, 11) is 0. The Morgan fingerprint density at radius 2 is 1.81 bits per heavy atom. The number of halogens is 1. The van der Waals surface area contributed by atoms with Crippen LogP contribution in [0, 0.1) is 0 Å². The third kappa shape index (κ3) is 3.37. The number of aromatic nitrogens is 4. The summed E-state index contributed by atoms with van der Waals surface area (Å²) >= 11 is 6.10. The van der Waals surface area contributed by atoms with Crippen molar-refractivity contribution >= 4 is 11.6 Å². The summed E-state index contributed by atoms with van der Waals surface area (Å²) in [4.78, 5) is 11.9. The van der Waals surface area contributed by atoms with Gasteiger partial charge in [-0.3, -0.25) is 9.88 Å². The highest BCUT2D eigenvalue weighted by Gasteiger charge is 2.34. The van der Waals surface area contributed by atoms with Gasteiger partial charge >= 0.3 is 0 Å². The molecule has 1 saturated heterocycles. The molecule has 5 nitrogen and oxygen atoms in total. The molecule has 0 radical (unpaired) electrons. The van der Waals surface area contributed by atoms with E-state index in [4.69, 9.17) is 21.7 Å². The zero-order chi connectivity index (χ0) is 18.2. The maximum Gasteiger partial charge on any atom is 0.154 e. The number of nitrogens with zero attached hydrogens (tertiary/aromatic N) is 5. The van der Waals surface area contributed by atoms with Gasteiger partial charge in [0, 0.05) is 23.3 Å². The van der Waals surface area contributed by atoms with Gasteiger partial charge in [0.2, 0.25) is 0 Å². The fraction of sp³-hybridized carbons (Fsp3) is 0.381. The summed E-state index contributed by atoms with van der Waals surface area (Å²) in [6.07, 6.45) is 8.60. The van der Waals surface area contributed by atoms with Gasteiger partial charge < -0.3 is 0 Å². The van der Waals surface area contributed by atoms with Crippen molar-refractivity contribution in [1.82, 2.24) is 24.6 Å². The molecular formula is C21H22ClN5. The van der Waals surface area contributed by atoms with Gasteiger partial charge in [-0.2, -0.15) is 5.10 Å². The number of benzene rings is 1. The number of rotatable bonds is 5. The Labute approximate surface area is 164 Å². The molecule has 1 unspecified atom stereocenters. The van der Waals surface area contributed by atoms with Crippen molar-refractivity contribution in [1.29, 1.82) is 0 Å². The highest BCUT2D eigenvalue weighted by atomic mass is 35.5. The molecule has 3 heterocycles. The molecule has 1 aliphatic carbocycles. The zero-order valence-electron chi connectivity index (χ0n) is 15.1. The first-order valence-electron chi connectivity index (χ1n) is 9.66. The van der Waals surface area contributed by atoms with Crippen LogP contribution in [0.4, 0.5) is 0 Å². The molecule has 0 bridgehead atoms. The first kappa shape index (κ1) is 16.9. The molecule has 0 spiro atoms. The summed E-state index contributed by atoms with van der Waals surface area (Å²) in [5.74, 6) is 2.45. The largest absolute Gasteiger partial charge is 0.290 e. The van der Waals surface area contributed by atoms with Gasteiger partial charge in [-0.1, -0.05) is 17.7 Å². The smallest absolute Gasteiger partial charge is 0.154 e. The van der Waals surface area contributed by atoms with Crippen LogP contribution in [-0.2, 0) is 0 Å². The minimum atomic E-state index is 0.0666. The van der Waals surface area contributed by atoms with E-state index in [9.17, 15) is 0 Å². The van der Waals surface area contributed by atoms with Crippen LogP contribution in [0.3, 0.4) is 0 Å². The SMILES string of the molecule is Clc1ccc(-n2nc(C3CC3)nc2C(c2cccnc2)N2CCCC2)cc1. The predicted octanol–water partition coefficient (Wildman–Crippen LogP) is 4.38. The van der Waals surface area contributed by atoms with Crippen molar-refractivity contribution in [3.05, 3.63) is 71.0 Å². The molecule has 5 rings (SSSR count). The Bertz CT molecular complexity index is 912. The molecule has 6 heteroatoms. The van der Waals surface area contributed by atoms with Crippen LogP contribution in [0.1, 0.15) is 54.9 Å². The summed E-state index contributed by atoms with van der Waals surface area (Å²) < 4.78 is 2.01. The summed E-state index contributed by atoms with van der Waals surface area (Å²) in [5, 5.41) is 5.63. The molecule has 1 aliphatic heterocycles. The van der Waals surface area contributed by atoms with E-state index in [-0.39, 0.29) is 6.04 Å². The molecule has 2 aromatic heterocycles. The van der Waals surface area contributed by atoms with Gasteiger partial charge in [0.15, 0.2) is 11.6 Å². The van der Waals surface area contributed by atoms with Gasteiger partial charge in [0.1, 0.15) is 0 Å². The lowest BCUT2D eigenvalue weighted by atomic mass is 10.1. The first-order valence-corrected chi connectivity index (χ1v) is 10.0. The number of pyridine rings is 1. The lowest BCUT2D eigenvalue weighted by molar-refractivity contribution is 0.268. The molecule has 0 amide bonds. The highest BCUT2D eigenvalue weighted by Crippen LogP contribution is 2.40. The Morgan fingerprint density at radius 3 is 2.48 bits per heavy atom. The van der Waals surface area contributed by atoms with Crippen molar-refractivity contribution in [2.24, 2.45) is 0 Å². The number of hydrogen-bond donors (Lipinski definition) is 0. The lowest BCUT2D eigenvalue weighted by Crippen LogP contribution is -2.29. The minimum absolute atomic E-state index is 0.0666. The molecule has 2 fully saturated rings. The second kappa shape index (κ2) is 7.06. The Kier molecular flexibility index (Phi) is 4.42. The summed E-state index contributed by atoms with van der Waals surface area (Å²) in [5.41, 5.74) is 2.17. The van der Waals surface area contributed by atoms with Gasteiger partial charge in [-0.05, 0) is 74.7 Å². The lowest BCUT2D eigenvalue weighted by Gasteiger charge is -2.27. The minimum Gasteiger partial charge on any atom is -0.290 e. The maximum atomic E-state index is 6.10. The van der Waals surface area contributed by atoms with Gasteiger partial charge in [-0.25, -0.2) is 9.67 Å². The molecule has 1 aromatic carbocycles. The third-order valence-electron chi connectivity index (χ3n) is 5.41. The summed E-state index contributed by atoms with van der Waals surface area (Å²) in [6.45, 7) is 2.15. The van der Waals surface area contributed by atoms with E-state index in [1.165, 1.54) is 31.2 Å². The fourth-order valence-electron chi connectivity index (χ4n) is 3.87. The van der Waals surface area contributed by atoms with E-state index in [0.29, 0.717) is 5.92 Å². The zero-order valence-corrected chi connectivity index (χ0v) is 15.9. The number of likely N-dealkylation sites (tertiary alicyclic amines) is 1. The van der Waals surface area contributed by atoms with Crippen molar-refractivity contribution in [2.45, 2.75) is 37.6 Å². The highest BCUT2D eigenvalue weighted by molar-refractivity contribution is 6.30. The van der Waals surface area contributed by atoms with Crippen molar-refractivity contribution in [3.63, 3.8) is 0 Å².